The van der Waals surface area contributed by atoms with Crippen LogP contribution in [0, 0.1) is 16.7 Å². The topological polar surface area (TPSA) is 9.72 Å². The zero-order valence-corrected chi connectivity index (χ0v) is 18.0. The molecule has 0 N–H and O–H groups in total. The molecule has 150 valence electrons. The minimum Gasteiger partial charge on any atom is -0.303 e. The molecular weight excluding hydrogens is 318 g/mol. The van der Waals surface area contributed by atoms with Crippen LogP contribution in [0.15, 0.2) is 0 Å². The van der Waals surface area contributed by atoms with Crippen LogP contribution in [-0.4, -0.2) is 72.6 Å². The summed E-state index contributed by atoms with van der Waals surface area (Å²) in [5, 5.41) is 0. The molecule has 1 spiro atoms. The number of nitrogens with zero attached hydrogens (tertiary/aromatic N) is 3. The normalized spacial score (nSPS) is 30.2. The lowest BCUT2D eigenvalue weighted by Gasteiger charge is -2.56. The molecule has 0 radical (unpaired) electrons. The van der Waals surface area contributed by atoms with Crippen molar-refractivity contribution in [2.45, 2.75) is 84.7 Å². The van der Waals surface area contributed by atoms with Gasteiger partial charge in [-0.05, 0) is 102 Å². The van der Waals surface area contributed by atoms with Gasteiger partial charge in [0.05, 0.1) is 0 Å². The van der Waals surface area contributed by atoms with Crippen LogP contribution in [0.3, 0.4) is 0 Å². The zero-order chi connectivity index (χ0) is 18.4. The van der Waals surface area contributed by atoms with Crippen LogP contribution >= 0.6 is 0 Å². The maximum atomic E-state index is 2.86. The Labute approximate surface area is 162 Å². The van der Waals surface area contributed by atoms with E-state index >= 15 is 0 Å². The predicted octanol–water partition coefficient (Wildman–Crippen LogP) is 4.08. The minimum atomic E-state index is 0.691. The molecule has 3 saturated heterocycles. The van der Waals surface area contributed by atoms with Crippen molar-refractivity contribution in [3.8, 4) is 0 Å². The molecule has 0 aromatic rings. The summed E-state index contributed by atoms with van der Waals surface area (Å²) in [5.74, 6) is 0.869. The number of likely N-dealkylation sites (tertiary alicyclic amines) is 3. The van der Waals surface area contributed by atoms with Gasteiger partial charge in [-0.2, -0.15) is 0 Å². The number of hydrogen-bond donors (Lipinski definition) is 0. The highest BCUT2D eigenvalue weighted by molar-refractivity contribution is 5.01. The number of rotatable bonds is 6. The Kier molecular flexibility index (Phi) is 5.44. The van der Waals surface area contributed by atoms with Crippen LogP contribution in [0.4, 0.5) is 0 Å². The van der Waals surface area contributed by atoms with Crippen molar-refractivity contribution < 1.29 is 0 Å². The molecule has 3 nitrogen and oxygen atoms in total. The van der Waals surface area contributed by atoms with E-state index in [1.54, 1.807) is 0 Å². The molecule has 0 atom stereocenters. The molecule has 26 heavy (non-hydrogen) atoms. The summed E-state index contributed by atoms with van der Waals surface area (Å²) in [6.45, 7) is 19.1. The fraction of sp³-hybridized carbons (Fsp3) is 1.00. The first-order valence-corrected chi connectivity index (χ1v) is 11.6. The van der Waals surface area contributed by atoms with Crippen LogP contribution in [0.5, 0.6) is 0 Å². The molecule has 0 unspecified atom stereocenters. The summed E-state index contributed by atoms with van der Waals surface area (Å²) >= 11 is 0. The standard InChI is InChI=1S/C23H43N3/c1-19(2)15-22(7-8-22)16-24-11-5-21(6-12-24)25-13-9-23(10-14-25)17-26(18-23)20(3)4/h19-21H,5-18H2,1-4H3. The molecule has 3 heteroatoms. The van der Waals surface area contributed by atoms with E-state index in [-0.39, 0.29) is 0 Å². The van der Waals surface area contributed by atoms with E-state index < -0.39 is 0 Å². The van der Waals surface area contributed by atoms with Crippen molar-refractivity contribution in [2.75, 3.05) is 45.8 Å². The molecule has 4 fully saturated rings. The summed E-state index contributed by atoms with van der Waals surface area (Å²) in [7, 11) is 0. The third-order valence-electron chi connectivity index (χ3n) is 8.10. The second kappa shape index (κ2) is 7.37. The van der Waals surface area contributed by atoms with E-state index in [1.807, 2.05) is 0 Å². The van der Waals surface area contributed by atoms with Crippen LogP contribution in [-0.2, 0) is 0 Å². The van der Waals surface area contributed by atoms with Gasteiger partial charge in [-0.15, -0.1) is 0 Å². The zero-order valence-electron chi connectivity index (χ0n) is 18.0. The van der Waals surface area contributed by atoms with E-state index in [4.69, 9.17) is 0 Å². The van der Waals surface area contributed by atoms with E-state index in [1.165, 1.54) is 90.8 Å². The monoisotopic (exact) mass is 361 g/mol. The first-order valence-electron chi connectivity index (χ1n) is 11.6. The highest BCUT2D eigenvalue weighted by Gasteiger charge is 2.47. The van der Waals surface area contributed by atoms with Crippen LogP contribution in [0.1, 0.15) is 72.6 Å². The van der Waals surface area contributed by atoms with Crippen molar-refractivity contribution in [1.29, 1.82) is 0 Å². The molecule has 4 aliphatic rings. The van der Waals surface area contributed by atoms with Crippen molar-refractivity contribution in [1.82, 2.24) is 14.7 Å². The Morgan fingerprint density at radius 2 is 1.46 bits per heavy atom. The van der Waals surface area contributed by atoms with Crippen molar-refractivity contribution in [3.05, 3.63) is 0 Å². The molecule has 3 aliphatic heterocycles. The lowest BCUT2D eigenvalue weighted by atomic mass is 9.71. The Morgan fingerprint density at radius 1 is 0.846 bits per heavy atom. The van der Waals surface area contributed by atoms with Gasteiger partial charge >= 0.3 is 0 Å². The van der Waals surface area contributed by atoms with Crippen molar-refractivity contribution >= 4 is 0 Å². The lowest BCUT2D eigenvalue weighted by Crippen LogP contribution is -2.63. The van der Waals surface area contributed by atoms with Gasteiger partial charge in [-0.3, -0.25) is 4.90 Å². The van der Waals surface area contributed by atoms with E-state index in [0.717, 1.165) is 18.0 Å². The van der Waals surface area contributed by atoms with E-state index in [0.29, 0.717) is 10.8 Å². The molecule has 0 aromatic heterocycles. The summed E-state index contributed by atoms with van der Waals surface area (Å²) in [5.41, 5.74) is 1.40. The number of piperidine rings is 2. The summed E-state index contributed by atoms with van der Waals surface area (Å²) in [4.78, 5) is 8.34. The quantitative estimate of drug-likeness (QED) is 0.706. The average molecular weight is 362 g/mol. The molecule has 0 amide bonds. The largest absolute Gasteiger partial charge is 0.303 e. The fourth-order valence-electron chi connectivity index (χ4n) is 6.25. The van der Waals surface area contributed by atoms with E-state index in [9.17, 15) is 0 Å². The molecular formula is C23H43N3. The highest BCUT2D eigenvalue weighted by Crippen LogP contribution is 2.51. The van der Waals surface area contributed by atoms with Crippen molar-refractivity contribution in [2.24, 2.45) is 16.7 Å². The third-order valence-corrected chi connectivity index (χ3v) is 8.10. The highest BCUT2D eigenvalue weighted by atomic mass is 15.3. The Bertz CT molecular complexity index is 458. The maximum Gasteiger partial charge on any atom is 0.0120 e. The Hall–Kier alpha value is -0.120. The molecule has 0 bridgehead atoms. The summed E-state index contributed by atoms with van der Waals surface area (Å²) in [6, 6.07) is 1.62. The van der Waals surface area contributed by atoms with Gasteiger partial charge in [0.1, 0.15) is 0 Å². The second-order valence-electron chi connectivity index (χ2n) is 11.1. The third kappa shape index (κ3) is 4.15. The van der Waals surface area contributed by atoms with Crippen LogP contribution in [0.25, 0.3) is 0 Å². The molecule has 4 rings (SSSR count). The first kappa shape index (κ1) is 19.2. The van der Waals surface area contributed by atoms with Crippen LogP contribution in [0.2, 0.25) is 0 Å². The molecule has 0 aromatic carbocycles. The van der Waals surface area contributed by atoms with Gasteiger partial charge in [0.15, 0.2) is 0 Å². The average Bonchev–Trinajstić information content (AvgIpc) is 3.31. The molecule has 3 heterocycles. The van der Waals surface area contributed by atoms with Gasteiger partial charge in [0, 0.05) is 31.7 Å². The Morgan fingerprint density at radius 3 is 1.96 bits per heavy atom. The summed E-state index contributed by atoms with van der Waals surface area (Å²) < 4.78 is 0. The van der Waals surface area contributed by atoms with Crippen molar-refractivity contribution in [3.63, 3.8) is 0 Å². The first-order chi connectivity index (χ1) is 12.4. The van der Waals surface area contributed by atoms with Crippen LogP contribution < -0.4 is 0 Å². The second-order valence-corrected chi connectivity index (χ2v) is 11.1. The molecule has 1 saturated carbocycles. The fourth-order valence-corrected chi connectivity index (χ4v) is 6.25. The predicted molar refractivity (Wildman–Crippen MR) is 111 cm³/mol. The van der Waals surface area contributed by atoms with Gasteiger partial charge < -0.3 is 9.80 Å². The maximum absolute atomic E-state index is 2.86. The number of hydrogen-bond acceptors (Lipinski definition) is 3. The smallest absolute Gasteiger partial charge is 0.0120 e. The molecule has 1 aliphatic carbocycles. The SMILES string of the molecule is CC(C)CC1(CN2CCC(N3CCC4(CC3)CN(C(C)C)C4)CC2)CC1. The van der Waals surface area contributed by atoms with E-state index in [2.05, 4.69) is 42.4 Å². The van der Waals surface area contributed by atoms with Gasteiger partial charge in [-0.25, -0.2) is 0 Å². The minimum absolute atomic E-state index is 0.691. The van der Waals surface area contributed by atoms with Gasteiger partial charge in [-0.1, -0.05) is 13.8 Å². The van der Waals surface area contributed by atoms with Gasteiger partial charge in [0.2, 0.25) is 0 Å². The van der Waals surface area contributed by atoms with Gasteiger partial charge in [0.25, 0.3) is 0 Å². The summed E-state index contributed by atoms with van der Waals surface area (Å²) in [6.07, 6.45) is 10.2. The lowest BCUT2D eigenvalue weighted by molar-refractivity contribution is -0.0720. The Balaban J connectivity index is 1.18.